The Balaban J connectivity index is 2.17. The third-order valence-electron chi connectivity index (χ3n) is 2.80. The van der Waals surface area contributed by atoms with Crippen LogP contribution in [-0.2, 0) is 6.18 Å². The maximum atomic E-state index is 12.7. The highest BCUT2D eigenvalue weighted by molar-refractivity contribution is 5.79. The van der Waals surface area contributed by atoms with E-state index in [-0.39, 0.29) is 17.1 Å². The minimum absolute atomic E-state index is 0.0385. The molecule has 2 N–H and O–H groups in total. The topological polar surface area (TPSA) is 64.9 Å². The molecule has 0 saturated heterocycles. The molecule has 0 aliphatic heterocycles. The van der Waals surface area contributed by atoms with E-state index in [1.807, 2.05) is 0 Å². The zero-order valence-electron chi connectivity index (χ0n) is 9.98. The largest absolute Gasteiger partial charge is 0.436 e. The van der Waals surface area contributed by atoms with Gasteiger partial charge in [-0.05, 0) is 18.2 Å². The van der Waals surface area contributed by atoms with Crippen molar-refractivity contribution in [2.75, 3.05) is 5.73 Å². The molecule has 1 aromatic carbocycles. The Bertz CT molecular complexity index is 747. The fraction of sp³-hybridized carbons (Fsp3) is 0.0769. The van der Waals surface area contributed by atoms with E-state index in [9.17, 15) is 13.2 Å². The molecule has 0 amide bonds. The normalized spacial score (nSPS) is 11.9. The lowest BCUT2D eigenvalue weighted by molar-refractivity contribution is -0.137. The lowest BCUT2D eigenvalue weighted by Gasteiger charge is -2.09. The summed E-state index contributed by atoms with van der Waals surface area (Å²) in [7, 11) is 0. The van der Waals surface area contributed by atoms with Crippen molar-refractivity contribution in [3.63, 3.8) is 0 Å². The molecule has 0 aliphatic rings. The second-order valence-electron chi connectivity index (χ2n) is 4.16. The van der Waals surface area contributed by atoms with E-state index in [0.29, 0.717) is 11.1 Å². The number of benzene rings is 1. The molecule has 0 atom stereocenters. The predicted octanol–water partition coefficient (Wildman–Crippen LogP) is 3.49. The summed E-state index contributed by atoms with van der Waals surface area (Å²) in [6.07, 6.45) is -1.48. The van der Waals surface area contributed by atoms with Gasteiger partial charge < -0.3 is 10.2 Å². The number of hydrogen-bond acceptors (Lipinski definition) is 4. The van der Waals surface area contributed by atoms with Crippen LogP contribution in [-0.4, -0.2) is 9.97 Å². The van der Waals surface area contributed by atoms with Crippen LogP contribution in [0.25, 0.3) is 22.6 Å². The zero-order valence-corrected chi connectivity index (χ0v) is 9.98. The van der Waals surface area contributed by atoms with Crippen LogP contribution in [0, 0.1) is 0 Å². The highest BCUT2D eigenvalue weighted by atomic mass is 19.4. The van der Waals surface area contributed by atoms with Gasteiger partial charge in [-0.3, -0.25) is 4.98 Å². The van der Waals surface area contributed by atoms with Gasteiger partial charge in [0.2, 0.25) is 5.89 Å². The van der Waals surface area contributed by atoms with Gasteiger partial charge in [0.15, 0.2) is 5.58 Å². The number of oxazole rings is 1. The van der Waals surface area contributed by atoms with Crippen LogP contribution >= 0.6 is 0 Å². The van der Waals surface area contributed by atoms with Crippen molar-refractivity contribution < 1.29 is 17.6 Å². The summed E-state index contributed by atoms with van der Waals surface area (Å²) in [5, 5.41) is 0. The van der Waals surface area contributed by atoms with Crippen LogP contribution < -0.4 is 5.73 Å². The first-order valence-corrected chi connectivity index (χ1v) is 5.63. The van der Waals surface area contributed by atoms with Crippen molar-refractivity contribution in [3.8, 4) is 11.5 Å². The number of fused-ring (bicyclic) bond motifs is 1. The maximum absolute atomic E-state index is 12.7. The Morgan fingerprint density at radius 3 is 2.65 bits per heavy atom. The van der Waals surface area contributed by atoms with Crippen LogP contribution in [0.3, 0.4) is 0 Å². The van der Waals surface area contributed by atoms with Gasteiger partial charge in [-0.2, -0.15) is 13.2 Å². The van der Waals surface area contributed by atoms with Crippen LogP contribution in [0.15, 0.2) is 41.1 Å². The van der Waals surface area contributed by atoms with Gasteiger partial charge in [0.05, 0.1) is 17.3 Å². The van der Waals surface area contributed by atoms with Crippen molar-refractivity contribution >= 4 is 16.8 Å². The molecule has 0 fully saturated rings. The summed E-state index contributed by atoms with van der Waals surface area (Å²) in [6, 6.07) is 4.61. The number of nitrogens with zero attached hydrogens (tertiary/aromatic N) is 2. The molecule has 2 heterocycles. The number of pyridine rings is 1. The second kappa shape index (κ2) is 4.22. The Morgan fingerprint density at radius 2 is 1.95 bits per heavy atom. The van der Waals surface area contributed by atoms with Gasteiger partial charge >= 0.3 is 6.18 Å². The van der Waals surface area contributed by atoms with E-state index >= 15 is 0 Å². The number of alkyl halides is 3. The first kappa shape index (κ1) is 12.5. The van der Waals surface area contributed by atoms with Crippen molar-refractivity contribution in [3.05, 3.63) is 42.2 Å². The molecule has 0 aliphatic carbocycles. The Hall–Kier alpha value is -2.57. The fourth-order valence-electron chi connectivity index (χ4n) is 1.81. The second-order valence-corrected chi connectivity index (χ2v) is 4.16. The van der Waals surface area contributed by atoms with Gasteiger partial charge in [0.25, 0.3) is 0 Å². The van der Waals surface area contributed by atoms with E-state index in [0.717, 1.165) is 12.1 Å². The van der Waals surface area contributed by atoms with Crippen molar-refractivity contribution in [1.29, 1.82) is 0 Å². The van der Waals surface area contributed by atoms with E-state index in [1.165, 1.54) is 18.5 Å². The van der Waals surface area contributed by atoms with Gasteiger partial charge in [-0.25, -0.2) is 4.98 Å². The lowest BCUT2D eigenvalue weighted by Crippen LogP contribution is -2.05. The highest BCUT2D eigenvalue weighted by Gasteiger charge is 2.31. The summed E-state index contributed by atoms with van der Waals surface area (Å²) in [5.41, 5.74) is 6.07. The molecular weight excluding hydrogens is 271 g/mol. The van der Waals surface area contributed by atoms with Crippen LogP contribution in [0.5, 0.6) is 0 Å². The number of anilines is 1. The number of rotatable bonds is 1. The summed E-state index contributed by atoms with van der Waals surface area (Å²) in [6.45, 7) is 0. The molecule has 0 unspecified atom stereocenters. The Kier molecular flexibility index (Phi) is 2.63. The lowest BCUT2D eigenvalue weighted by atomic mass is 10.1. The molecular formula is C13H8F3N3O. The van der Waals surface area contributed by atoms with E-state index in [4.69, 9.17) is 10.2 Å². The van der Waals surface area contributed by atoms with Crippen LogP contribution in [0.4, 0.5) is 18.9 Å². The number of halogens is 3. The van der Waals surface area contributed by atoms with Gasteiger partial charge in [-0.1, -0.05) is 0 Å². The first-order chi connectivity index (χ1) is 9.45. The first-order valence-electron chi connectivity index (χ1n) is 5.63. The number of nitrogen functional groups attached to an aromatic ring is 1. The van der Waals surface area contributed by atoms with Gasteiger partial charge in [0.1, 0.15) is 5.52 Å². The smallest absolute Gasteiger partial charge is 0.416 e. The molecule has 4 nitrogen and oxygen atoms in total. The standard InChI is InChI=1S/C13H8F3N3O/c14-13(15,16)7-1-2-9(17)8(5-7)12-19-10-6-18-4-3-11(10)20-12/h1-6H,17H2. The molecule has 20 heavy (non-hydrogen) atoms. The number of aromatic nitrogens is 2. The third kappa shape index (κ3) is 2.07. The predicted molar refractivity (Wildman–Crippen MR) is 66.7 cm³/mol. The minimum atomic E-state index is -4.45. The quantitative estimate of drug-likeness (QED) is 0.692. The molecule has 0 radical (unpaired) electrons. The molecule has 3 aromatic rings. The summed E-state index contributed by atoms with van der Waals surface area (Å²) >= 11 is 0. The average molecular weight is 279 g/mol. The molecule has 3 rings (SSSR count). The number of hydrogen-bond donors (Lipinski definition) is 1. The van der Waals surface area contributed by atoms with Crippen LogP contribution in [0.1, 0.15) is 5.56 Å². The summed E-state index contributed by atoms with van der Waals surface area (Å²) in [4.78, 5) is 7.96. The minimum Gasteiger partial charge on any atom is -0.436 e. The van der Waals surface area contributed by atoms with Gasteiger partial charge in [0, 0.05) is 18.0 Å². The molecule has 0 spiro atoms. The van der Waals surface area contributed by atoms with Crippen molar-refractivity contribution in [2.24, 2.45) is 0 Å². The zero-order chi connectivity index (χ0) is 14.3. The van der Waals surface area contributed by atoms with E-state index in [2.05, 4.69) is 9.97 Å². The Morgan fingerprint density at radius 1 is 1.15 bits per heavy atom. The van der Waals surface area contributed by atoms with E-state index < -0.39 is 11.7 Å². The number of nitrogens with two attached hydrogens (primary N) is 1. The van der Waals surface area contributed by atoms with Gasteiger partial charge in [-0.15, -0.1) is 0 Å². The third-order valence-corrected chi connectivity index (χ3v) is 2.80. The molecule has 0 saturated carbocycles. The molecule has 7 heteroatoms. The monoisotopic (exact) mass is 279 g/mol. The highest BCUT2D eigenvalue weighted by Crippen LogP contribution is 2.35. The molecule has 102 valence electrons. The fourth-order valence-corrected chi connectivity index (χ4v) is 1.81. The molecule has 2 aromatic heterocycles. The summed E-state index contributed by atoms with van der Waals surface area (Å²) in [5.74, 6) is 0.0385. The SMILES string of the molecule is Nc1ccc(C(F)(F)F)cc1-c1nc2cnccc2o1. The van der Waals surface area contributed by atoms with Crippen molar-refractivity contribution in [1.82, 2.24) is 9.97 Å². The maximum Gasteiger partial charge on any atom is 0.416 e. The summed E-state index contributed by atoms with van der Waals surface area (Å²) < 4.78 is 43.6. The van der Waals surface area contributed by atoms with Crippen LogP contribution in [0.2, 0.25) is 0 Å². The average Bonchev–Trinajstić information content (AvgIpc) is 2.81. The van der Waals surface area contributed by atoms with E-state index in [1.54, 1.807) is 6.07 Å². The Labute approximate surface area is 111 Å². The van der Waals surface area contributed by atoms with Crippen molar-refractivity contribution in [2.45, 2.75) is 6.18 Å². The molecule has 0 bridgehead atoms.